The Kier molecular flexibility index (Phi) is 6.37. The fourth-order valence-corrected chi connectivity index (χ4v) is 4.80. The molecule has 0 spiro atoms. The Balaban J connectivity index is 1.69. The maximum absolute atomic E-state index is 4.84. The minimum Gasteiger partial charge on any atom is -0.299 e. The molecule has 0 saturated heterocycles. The van der Waals surface area contributed by atoms with Crippen molar-refractivity contribution in [3.8, 4) is 39.3 Å². The highest BCUT2D eigenvalue weighted by Crippen LogP contribution is 2.38. The first kappa shape index (κ1) is 22.9. The van der Waals surface area contributed by atoms with Crippen molar-refractivity contribution < 1.29 is 0 Å². The molecule has 174 valence electrons. The van der Waals surface area contributed by atoms with E-state index in [1.807, 2.05) is 6.20 Å². The van der Waals surface area contributed by atoms with Crippen molar-refractivity contribution in [3.63, 3.8) is 0 Å². The maximum atomic E-state index is 4.84. The van der Waals surface area contributed by atoms with Gasteiger partial charge in [0.2, 0.25) is 0 Å². The first-order valence-corrected chi connectivity index (χ1v) is 12.5. The summed E-state index contributed by atoms with van der Waals surface area (Å²) in [4.78, 5) is 4.84. The highest BCUT2D eigenvalue weighted by atomic mass is 15.1. The third-order valence-electron chi connectivity index (χ3n) is 6.63. The summed E-state index contributed by atoms with van der Waals surface area (Å²) in [6.45, 7) is 9.13. The van der Waals surface area contributed by atoms with E-state index in [0.29, 0.717) is 11.8 Å². The summed E-state index contributed by atoms with van der Waals surface area (Å²) in [5.41, 5.74) is 10.00. The Hall–Kier alpha value is -3.91. The van der Waals surface area contributed by atoms with Gasteiger partial charge in [0.25, 0.3) is 0 Å². The van der Waals surface area contributed by atoms with Gasteiger partial charge in [0.15, 0.2) is 0 Å². The van der Waals surface area contributed by atoms with Crippen LogP contribution in [0.3, 0.4) is 0 Å². The van der Waals surface area contributed by atoms with Crippen molar-refractivity contribution in [3.05, 3.63) is 121 Å². The van der Waals surface area contributed by atoms with Crippen molar-refractivity contribution >= 4 is 0 Å². The standard InChI is InChI=1S/C33H32N2/c1-23(2)30-21-29(26-14-9-6-10-15-26)22-31(24(3)4)32(30)35-19-18-34-33(35)28-17-11-16-27(20-28)25-12-7-5-8-13-25/h5-24H,1-4H3. The van der Waals surface area contributed by atoms with E-state index in [-0.39, 0.29) is 0 Å². The van der Waals surface area contributed by atoms with Gasteiger partial charge >= 0.3 is 0 Å². The average Bonchev–Trinajstić information content (AvgIpc) is 3.38. The zero-order valence-electron chi connectivity index (χ0n) is 20.9. The largest absolute Gasteiger partial charge is 0.299 e. The van der Waals surface area contributed by atoms with E-state index in [9.17, 15) is 0 Å². The summed E-state index contributed by atoms with van der Waals surface area (Å²) in [6.07, 6.45) is 4.03. The number of nitrogens with zero attached hydrogens (tertiary/aromatic N) is 2. The predicted molar refractivity (Wildman–Crippen MR) is 148 cm³/mol. The van der Waals surface area contributed by atoms with Crippen molar-refractivity contribution in [2.75, 3.05) is 0 Å². The van der Waals surface area contributed by atoms with E-state index >= 15 is 0 Å². The van der Waals surface area contributed by atoms with Crippen LogP contribution >= 0.6 is 0 Å². The number of hydrogen-bond acceptors (Lipinski definition) is 1. The molecule has 0 unspecified atom stereocenters. The van der Waals surface area contributed by atoms with E-state index < -0.39 is 0 Å². The summed E-state index contributed by atoms with van der Waals surface area (Å²) in [5.74, 6) is 1.72. The van der Waals surface area contributed by atoms with Crippen LogP contribution in [-0.4, -0.2) is 9.55 Å². The fourth-order valence-electron chi connectivity index (χ4n) is 4.80. The van der Waals surface area contributed by atoms with Gasteiger partial charge in [0.1, 0.15) is 5.82 Å². The molecule has 5 aromatic rings. The molecule has 35 heavy (non-hydrogen) atoms. The van der Waals surface area contributed by atoms with Crippen molar-refractivity contribution in [1.82, 2.24) is 9.55 Å². The smallest absolute Gasteiger partial charge is 0.144 e. The summed E-state index contributed by atoms with van der Waals surface area (Å²) in [6, 6.07) is 34.7. The molecule has 1 heterocycles. The SMILES string of the molecule is CC(C)c1cc(-c2ccccc2)cc(C(C)C)c1-n1ccnc1-c1cccc(-c2ccccc2)c1. The summed E-state index contributed by atoms with van der Waals surface area (Å²) in [5, 5.41) is 0. The van der Waals surface area contributed by atoms with Gasteiger partial charge in [-0.3, -0.25) is 4.57 Å². The number of hydrogen-bond donors (Lipinski definition) is 0. The van der Waals surface area contributed by atoms with Crippen molar-refractivity contribution in [1.29, 1.82) is 0 Å². The minimum absolute atomic E-state index is 0.372. The van der Waals surface area contributed by atoms with E-state index in [0.717, 1.165) is 11.4 Å². The van der Waals surface area contributed by atoms with E-state index in [4.69, 9.17) is 4.98 Å². The Morgan fingerprint density at radius 2 is 1.06 bits per heavy atom. The number of benzene rings is 4. The monoisotopic (exact) mass is 456 g/mol. The van der Waals surface area contributed by atoms with Crippen LogP contribution in [0.1, 0.15) is 50.7 Å². The Labute approximate surface area is 208 Å². The Morgan fingerprint density at radius 3 is 1.63 bits per heavy atom. The van der Waals surface area contributed by atoms with Crippen molar-refractivity contribution in [2.24, 2.45) is 0 Å². The van der Waals surface area contributed by atoms with Crippen LogP contribution in [-0.2, 0) is 0 Å². The molecule has 0 amide bonds. The Morgan fingerprint density at radius 1 is 0.543 bits per heavy atom. The fraction of sp³-hybridized carbons (Fsp3) is 0.182. The lowest BCUT2D eigenvalue weighted by molar-refractivity contribution is 0.807. The molecule has 2 heteroatoms. The molecule has 0 aliphatic carbocycles. The number of rotatable bonds is 6. The first-order valence-electron chi connectivity index (χ1n) is 12.5. The Bertz CT molecular complexity index is 1400. The second-order valence-corrected chi connectivity index (χ2v) is 9.75. The van der Waals surface area contributed by atoms with Gasteiger partial charge in [-0.05, 0) is 63.4 Å². The van der Waals surface area contributed by atoms with Crippen LogP contribution in [0.2, 0.25) is 0 Å². The predicted octanol–water partition coefficient (Wildman–Crippen LogP) is 9.12. The van der Waals surface area contributed by atoms with Gasteiger partial charge in [-0.1, -0.05) is 107 Å². The second kappa shape index (κ2) is 9.76. The van der Waals surface area contributed by atoms with Crippen molar-refractivity contribution in [2.45, 2.75) is 39.5 Å². The molecule has 0 fully saturated rings. The molecule has 0 bridgehead atoms. The van der Waals surface area contributed by atoms with Crippen LogP contribution < -0.4 is 0 Å². The molecule has 1 aromatic heterocycles. The summed E-state index contributed by atoms with van der Waals surface area (Å²) < 4.78 is 2.30. The molecule has 5 rings (SSSR count). The van der Waals surface area contributed by atoms with Gasteiger partial charge in [0.05, 0.1) is 5.69 Å². The molecular weight excluding hydrogens is 424 g/mol. The zero-order chi connectivity index (χ0) is 24.4. The lowest BCUT2D eigenvalue weighted by Crippen LogP contribution is -2.08. The first-order chi connectivity index (χ1) is 17.0. The van der Waals surface area contributed by atoms with Crippen LogP contribution in [0.25, 0.3) is 39.3 Å². The van der Waals surface area contributed by atoms with E-state index in [1.165, 1.54) is 39.1 Å². The van der Waals surface area contributed by atoms with Crippen LogP contribution in [0.5, 0.6) is 0 Å². The molecule has 0 atom stereocenters. The molecule has 4 aromatic carbocycles. The molecule has 0 saturated carbocycles. The minimum atomic E-state index is 0.372. The summed E-state index contributed by atoms with van der Waals surface area (Å²) in [7, 11) is 0. The number of aromatic nitrogens is 2. The highest BCUT2D eigenvalue weighted by Gasteiger charge is 2.21. The molecular formula is C33H32N2. The topological polar surface area (TPSA) is 17.8 Å². The third-order valence-corrected chi connectivity index (χ3v) is 6.63. The van der Waals surface area contributed by atoms with Gasteiger partial charge < -0.3 is 0 Å². The number of imidazole rings is 1. The summed E-state index contributed by atoms with van der Waals surface area (Å²) >= 11 is 0. The normalized spacial score (nSPS) is 11.4. The molecule has 2 nitrogen and oxygen atoms in total. The van der Waals surface area contributed by atoms with Gasteiger partial charge in [0, 0.05) is 18.0 Å². The lowest BCUT2D eigenvalue weighted by Gasteiger charge is -2.24. The average molecular weight is 457 g/mol. The van der Waals surface area contributed by atoms with Gasteiger partial charge in [-0.25, -0.2) is 4.98 Å². The second-order valence-electron chi connectivity index (χ2n) is 9.75. The van der Waals surface area contributed by atoms with Gasteiger partial charge in [-0.2, -0.15) is 0 Å². The quantitative estimate of drug-likeness (QED) is 0.249. The third kappa shape index (κ3) is 4.57. The zero-order valence-corrected chi connectivity index (χ0v) is 20.9. The van der Waals surface area contributed by atoms with Crippen LogP contribution in [0, 0.1) is 0 Å². The van der Waals surface area contributed by atoms with E-state index in [1.54, 1.807) is 0 Å². The van der Waals surface area contributed by atoms with Gasteiger partial charge in [-0.15, -0.1) is 0 Å². The molecule has 0 N–H and O–H groups in total. The maximum Gasteiger partial charge on any atom is 0.144 e. The van der Waals surface area contributed by atoms with Crippen LogP contribution in [0.4, 0.5) is 0 Å². The van der Waals surface area contributed by atoms with Crippen LogP contribution in [0.15, 0.2) is 109 Å². The lowest BCUT2D eigenvalue weighted by atomic mass is 9.88. The molecule has 0 aliphatic rings. The molecule has 0 aliphatic heterocycles. The molecule has 0 radical (unpaired) electrons. The van der Waals surface area contributed by atoms with E-state index in [2.05, 4.69) is 136 Å². The highest BCUT2D eigenvalue weighted by molar-refractivity contribution is 5.74.